The van der Waals surface area contributed by atoms with E-state index in [2.05, 4.69) is 19.2 Å². The minimum atomic E-state index is -5.27. The molecular weight excluding hydrogens is 715 g/mol. The molecule has 17 heteroatoms. The van der Waals surface area contributed by atoms with E-state index in [1.165, 1.54) is 77.0 Å². The fourth-order valence-corrected chi connectivity index (χ4v) is 7.23. The molecule has 51 heavy (non-hydrogen) atoms. The van der Waals surface area contributed by atoms with Crippen LogP contribution >= 0.6 is 15.6 Å². The summed E-state index contributed by atoms with van der Waals surface area (Å²) >= 11 is 0. The van der Waals surface area contributed by atoms with Crippen LogP contribution in [0.3, 0.4) is 0 Å². The van der Waals surface area contributed by atoms with Crippen LogP contribution in [-0.4, -0.2) is 73.8 Å². The molecule has 0 bridgehead atoms. The van der Waals surface area contributed by atoms with Crippen molar-refractivity contribution in [3.05, 3.63) is 0 Å². The second-order valence-corrected chi connectivity index (χ2v) is 15.9. The maximum atomic E-state index is 13.0. The quantitative estimate of drug-likeness (QED) is 0.0253. The monoisotopic (exact) mass is 782 g/mol. The van der Waals surface area contributed by atoms with Crippen LogP contribution in [0.25, 0.3) is 0 Å². The summed E-state index contributed by atoms with van der Waals surface area (Å²) in [5, 5.41) is 12.5. The summed E-state index contributed by atoms with van der Waals surface area (Å²) in [4.78, 5) is 64.4. The third-order valence-electron chi connectivity index (χ3n) is 8.91. The molecular formula is C34H67NNaO13P2+. The van der Waals surface area contributed by atoms with Gasteiger partial charge in [-0.3, -0.25) is 18.6 Å². The molecule has 0 aromatic heterocycles. The first-order chi connectivity index (χ1) is 23.8. The van der Waals surface area contributed by atoms with E-state index < -0.39 is 64.8 Å². The van der Waals surface area contributed by atoms with Gasteiger partial charge in [-0.1, -0.05) is 142 Å². The Balaban J connectivity index is 0.0000250. The predicted molar refractivity (Wildman–Crippen MR) is 190 cm³/mol. The van der Waals surface area contributed by atoms with Crippen LogP contribution in [0.15, 0.2) is 0 Å². The molecule has 14 nitrogen and oxygen atoms in total. The number of rotatable bonds is 31. The van der Waals surface area contributed by atoms with Crippen LogP contribution in [0.4, 0.5) is 0 Å². The van der Waals surface area contributed by atoms with E-state index in [9.17, 15) is 43.4 Å². The number of unbranched alkanes of at least 4 members (excludes halogenated alkanes) is 20. The van der Waals surface area contributed by atoms with Crippen LogP contribution in [-0.2, 0) is 37.2 Å². The molecule has 0 radical (unpaired) electrons. The average molecular weight is 783 g/mol. The number of carbonyl (C=O) groups is 2. The molecule has 0 aromatic carbocycles. The molecule has 1 heterocycles. The summed E-state index contributed by atoms with van der Waals surface area (Å²) < 4.78 is 44.4. The molecule has 0 saturated carbocycles. The Labute approximate surface area is 328 Å². The molecule has 1 saturated heterocycles. The number of phosphoric ester groups is 2. The van der Waals surface area contributed by atoms with Gasteiger partial charge in [-0.2, -0.15) is 0 Å². The number of hydrogen-bond acceptors (Lipinski definition) is 9. The normalized spacial score (nSPS) is 20.9. The molecule has 1 amide bonds. The van der Waals surface area contributed by atoms with Gasteiger partial charge in [0.1, 0.15) is 18.2 Å². The van der Waals surface area contributed by atoms with E-state index in [1.807, 2.05) is 0 Å². The van der Waals surface area contributed by atoms with E-state index in [-0.39, 0.29) is 42.4 Å². The Kier molecular flexibility index (Phi) is 30.4. The second kappa shape index (κ2) is 30.3. The standard InChI is InChI=1S/C34H67NO13P2.Na/c1-3-5-7-9-11-13-15-17-19-21-23-25-29(37)35-31-33(46-30(38)26-24-22-20-18-16-14-12-10-8-6-4-2)32(47-49(39,40)41)28(27-36)45-34(31)48-50(42,43)44;/h28,31-34,36H,3-27H2,1-2H3,(H,35,37)(H2,39,40,41)(H2,42,43,44);/q;+1/t28-,31-,32-,33-,34-;/m1./s1. The first-order valence-corrected chi connectivity index (χ1v) is 22.1. The van der Waals surface area contributed by atoms with Crippen molar-refractivity contribution >= 4 is 27.5 Å². The van der Waals surface area contributed by atoms with Crippen molar-refractivity contribution in [1.82, 2.24) is 5.32 Å². The number of amides is 1. The van der Waals surface area contributed by atoms with Crippen molar-refractivity contribution in [1.29, 1.82) is 0 Å². The fourth-order valence-electron chi connectivity index (χ4n) is 6.21. The van der Waals surface area contributed by atoms with Gasteiger partial charge in [-0.15, -0.1) is 0 Å². The number of phosphoric acid groups is 2. The Bertz CT molecular complexity index is 999. The molecule has 0 spiro atoms. The number of hydrogen-bond donors (Lipinski definition) is 6. The third kappa shape index (κ3) is 26.5. The SMILES string of the molecule is CCCCCCCCCCCCCC(=O)N[C@H]1[C@@H](OP(=O)(O)O)O[C@H](CO)[C@@H](OP(=O)(O)O)[C@@H]1OC(=O)CCCCCCCCCCCCC.[Na+]. The van der Waals surface area contributed by atoms with E-state index in [0.717, 1.165) is 51.4 Å². The molecule has 6 N–H and O–H groups in total. The molecule has 0 aromatic rings. The molecule has 1 fully saturated rings. The minimum Gasteiger partial charge on any atom is -0.457 e. The number of ether oxygens (including phenoxy) is 2. The van der Waals surface area contributed by atoms with Gasteiger partial charge in [0, 0.05) is 12.8 Å². The number of aliphatic hydroxyl groups is 1. The third-order valence-corrected chi connectivity index (χ3v) is 9.91. The predicted octanol–water partition coefficient (Wildman–Crippen LogP) is 4.09. The molecule has 296 valence electrons. The molecule has 0 aliphatic carbocycles. The van der Waals surface area contributed by atoms with Gasteiger partial charge in [0.25, 0.3) is 0 Å². The van der Waals surface area contributed by atoms with Crippen LogP contribution < -0.4 is 34.9 Å². The van der Waals surface area contributed by atoms with E-state index in [4.69, 9.17) is 18.5 Å². The van der Waals surface area contributed by atoms with Crippen molar-refractivity contribution in [3.63, 3.8) is 0 Å². The second-order valence-electron chi connectivity index (χ2n) is 13.5. The smallest absolute Gasteiger partial charge is 0.457 e. The van der Waals surface area contributed by atoms with Crippen LogP contribution in [0, 0.1) is 0 Å². The van der Waals surface area contributed by atoms with Crippen molar-refractivity contribution in [3.8, 4) is 0 Å². The number of aliphatic hydroxyl groups excluding tert-OH is 1. The van der Waals surface area contributed by atoms with Gasteiger partial charge in [-0.25, -0.2) is 9.13 Å². The summed E-state index contributed by atoms with van der Waals surface area (Å²) in [6.07, 6.45) is 16.4. The minimum absolute atomic E-state index is 0. The largest absolute Gasteiger partial charge is 1.00 e. The number of esters is 1. The van der Waals surface area contributed by atoms with Crippen molar-refractivity contribution < 1.29 is 91.5 Å². The topological polar surface area (TPSA) is 218 Å². The van der Waals surface area contributed by atoms with Gasteiger partial charge in [-0.05, 0) is 12.8 Å². The van der Waals surface area contributed by atoms with Gasteiger partial charge >= 0.3 is 51.2 Å². The summed E-state index contributed by atoms with van der Waals surface area (Å²) in [6, 6.07) is -1.62. The van der Waals surface area contributed by atoms with Gasteiger partial charge < -0.3 is 39.5 Å². The zero-order chi connectivity index (χ0) is 37.3. The first kappa shape index (κ1) is 51.1. The van der Waals surface area contributed by atoms with E-state index in [1.54, 1.807) is 0 Å². The summed E-state index contributed by atoms with van der Waals surface area (Å²) in [5.74, 6) is -1.35. The van der Waals surface area contributed by atoms with Crippen LogP contribution in [0.5, 0.6) is 0 Å². The van der Waals surface area contributed by atoms with Crippen LogP contribution in [0.1, 0.15) is 168 Å². The maximum absolute atomic E-state index is 13.0. The summed E-state index contributed by atoms with van der Waals surface area (Å²) in [6.45, 7) is 3.45. The zero-order valence-electron chi connectivity index (χ0n) is 31.5. The summed E-state index contributed by atoms with van der Waals surface area (Å²) in [7, 11) is -10.5. The van der Waals surface area contributed by atoms with Crippen molar-refractivity contribution in [2.45, 2.75) is 199 Å². The van der Waals surface area contributed by atoms with Gasteiger partial charge in [0.05, 0.1) is 6.61 Å². The Morgan fingerprint density at radius 3 is 1.39 bits per heavy atom. The Morgan fingerprint density at radius 2 is 1.00 bits per heavy atom. The Morgan fingerprint density at radius 1 is 0.608 bits per heavy atom. The molecule has 1 rings (SSSR count). The zero-order valence-corrected chi connectivity index (χ0v) is 35.2. The molecule has 1 aliphatic heterocycles. The number of carbonyl (C=O) groups excluding carboxylic acids is 2. The van der Waals surface area contributed by atoms with Gasteiger partial charge in [0.15, 0.2) is 12.4 Å². The van der Waals surface area contributed by atoms with E-state index >= 15 is 0 Å². The number of nitrogens with one attached hydrogen (secondary N) is 1. The van der Waals surface area contributed by atoms with Crippen molar-refractivity contribution in [2.24, 2.45) is 0 Å². The molecule has 5 atom stereocenters. The Hall–Kier alpha value is 0.0800. The molecule has 0 unspecified atom stereocenters. The average Bonchev–Trinajstić information content (AvgIpc) is 3.03. The fraction of sp³-hybridized carbons (Fsp3) is 0.941. The molecule has 1 aliphatic rings. The van der Waals surface area contributed by atoms with E-state index in [0.29, 0.717) is 12.8 Å². The first-order valence-electron chi connectivity index (χ1n) is 19.0. The van der Waals surface area contributed by atoms with Crippen LogP contribution in [0.2, 0.25) is 0 Å². The maximum Gasteiger partial charge on any atom is 1.00 e. The van der Waals surface area contributed by atoms with Gasteiger partial charge in [0.2, 0.25) is 5.91 Å². The summed E-state index contributed by atoms with van der Waals surface area (Å²) in [5.41, 5.74) is 0. The van der Waals surface area contributed by atoms with Crippen molar-refractivity contribution in [2.75, 3.05) is 6.61 Å².